The van der Waals surface area contributed by atoms with Gasteiger partial charge in [0.05, 0.1) is 25.9 Å². The maximum absolute atomic E-state index is 5.46. The second-order valence-corrected chi connectivity index (χ2v) is 5.02. The third kappa shape index (κ3) is 3.56. The quantitative estimate of drug-likeness (QED) is 0.803. The first-order valence-corrected chi connectivity index (χ1v) is 6.84. The van der Waals surface area contributed by atoms with E-state index in [4.69, 9.17) is 4.74 Å². The minimum atomic E-state index is -0.0641. The monoisotopic (exact) mass is 290 g/mol. The van der Waals surface area contributed by atoms with Crippen molar-refractivity contribution in [2.45, 2.75) is 12.6 Å². The van der Waals surface area contributed by atoms with Crippen LogP contribution in [0.3, 0.4) is 0 Å². The van der Waals surface area contributed by atoms with Crippen LogP contribution >= 0.6 is 0 Å². The van der Waals surface area contributed by atoms with Gasteiger partial charge in [-0.15, -0.1) is 0 Å². The molecule has 1 atom stereocenters. The number of likely N-dealkylation sites (N-methyl/N-ethyl adjacent to an activating group) is 1. The van der Waals surface area contributed by atoms with Crippen LogP contribution in [0.4, 0.5) is 0 Å². The maximum atomic E-state index is 5.46. The molecule has 0 radical (unpaired) electrons. The van der Waals surface area contributed by atoms with Crippen molar-refractivity contribution in [2.75, 3.05) is 34.8 Å². The highest BCUT2D eigenvalue weighted by Gasteiger charge is 2.22. The Kier molecular flexibility index (Phi) is 5.24. The third-order valence-electron chi connectivity index (χ3n) is 3.30. The zero-order chi connectivity index (χ0) is 15.2. The Labute approximate surface area is 125 Å². The topological polar surface area (TPSA) is 68.1 Å². The van der Waals surface area contributed by atoms with Crippen molar-refractivity contribution in [1.82, 2.24) is 30.0 Å². The summed E-state index contributed by atoms with van der Waals surface area (Å²) in [7, 11) is 7.65. The lowest BCUT2D eigenvalue weighted by molar-refractivity contribution is 0.360. The number of nitrogens with one attached hydrogen (secondary N) is 1. The molecule has 0 bridgehead atoms. The van der Waals surface area contributed by atoms with Gasteiger partial charge in [-0.3, -0.25) is 4.68 Å². The lowest BCUT2D eigenvalue weighted by atomic mass is 10.1. The van der Waals surface area contributed by atoms with E-state index in [1.807, 2.05) is 25.8 Å². The molecule has 0 fully saturated rings. The lowest BCUT2D eigenvalue weighted by Crippen LogP contribution is -2.25. The molecule has 0 saturated heterocycles. The first-order valence-electron chi connectivity index (χ1n) is 6.84. The van der Waals surface area contributed by atoms with Gasteiger partial charge in [0.15, 0.2) is 5.75 Å². The Morgan fingerprint density at radius 3 is 2.57 bits per heavy atom. The predicted molar refractivity (Wildman–Crippen MR) is 80.3 cm³/mol. The molecule has 2 aromatic rings. The summed E-state index contributed by atoms with van der Waals surface area (Å²) in [4.78, 5) is 10.3. The molecule has 114 valence electrons. The number of nitrogens with zero attached hydrogens (tertiary/aromatic N) is 5. The number of rotatable bonds is 7. The standard InChI is InChI=1S/C14H22N6O/c1-15-13(11-7-16-10-17-8-11)14-12(21-4)9-18-20(14)6-5-19(2)3/h7-10,13,15H,5-6H2,1-4H3. The van der Waals surface area contributed by atoms with E-state index in [0.717, 1.165) is 30.1 Å². The highest BCUT2D eigenvalue weighted by atomic mass is 16.5. The van der Waals surface area contributed by atoms with E-state index in [2.05, 4.69) is 25.3 Å². The van der Waals surface area contributed by atoms with Crippen LogP contribution in [0.2, 0.25) is 0 Å². The van der Waals surface area contributed by atoms with Gasteiger partial charge in [-0.05, 0) is 21.1 Å². The van der Waals surface area contributed by atoms with Crippen LogP contribution in [0.5, 0.6) is 5.75 Å². The average Bonchev–Trinajstić information content (AvgIpc) is 2.90. The van der Waals surface area contributed by atoms with Gasteiger partial charge in [-0.25, -0.2) is 9.97 Å². The van der Waals surface area contributed by atoms with Crippen molar-refractivity contribution < 1.29 is 4.74 Å². The SMILES string of the molecule is CNC(c1cncnc1)c1c(OC)cnn1CCN(C)C. The van der Waals surface area contributed by atoms with Crippen molar-refractivity contribution in [3.8, 4) is 5.75 Å². The number of methoxy groups -OCH3 is 1. The number of ether oxygens (including phenoxy) is 1. The maximum Gasteiger partial charge on any atom is 0.161 e. The largest absolute Gasteiger partial charge is 0.493 e. The van der Waals surface area contributed by atoms with E-state index in [1.54, 1.807) is 25.7 Å². The molecule has 2 aromatic heterocycles. The molecule has 0 saturated carbocycles. The van der Waals surface area contributed by atoms with Crippen molar-refractivity contribution in [2.24, 2.45) is 0 Å². The van der Waals surface area contributed by atoms with Gasteiger partial charge in [-0.1, -0.05) is 0 Å². The number of hydrogen-bond donors (Lipinski definition) is 1. The van der Waals surface area contributed by atoms with Gasteiger partial charge in [0.25, 0.3) is 0 Å². The summed E-state index contributed by atoms with van der Waals surface area (Å²) >= 11 is 0. The second-order valence-electron chi connectivity index (χ2n) is 5.02. The zero-order valence-electron chi connectivity index (χ0n) is 12.9. The van der Waals surface area contributed by atoms with E-state index in [0.29, 0.717) is 0 Å². The Hall–Kier alpha value is -1.99. The van der Waals surface area contributed by atoms with E-state index in [-0.39, 0.29) is 6.04 Å². The van der Waals surface area contributed by atoms with Gasteiger partial charge in [0.1, 0.15) is 12.0 Å². The minimum Gasteiger partial charge on any atom is -0.493 e. The van der Waals surface area contributed by atoms with E-state index in [9.17, 15) is 0 Å². The fourth-order valence-corrected chi connectivity index (χ4v) is 2.22. The summed E-state index contributed by atoms with van der Waals surface area (Å²) in [6.07, 6.45) is 6.88. The molecule has 21 heavy (non-hydrogen) atoms. The zero-order valence-corrected chi connectivity index (χ0v) is 12.9. The van der Waals surface area contributed by atoms with Crippen LogP contribution in [0, 0.1) is 0 Å². The first-order chi connectivity index (χ1) is 10.2. The van der Waals surface area contributed by atoms with E-state index < -0.39 is 0 Å². The molecular formula is C14H22N6O. The minimum absolute atomic E-state index is 0.0641. The summed E-state index contributed by atoms with van der Waals surface area (Å²) < 4.78 is 7.42. The molecule has 1 N–H and O–H groups in total. The van der Waals surface area contributed by atoms with Crippen molar-refractivity contribution in [3.05, 3.63) is 36.2 Å². The number of aromatic nitrogens is 4. The molecule has 0 aliphatic rings. The molecule has 0 amide bonds. The average molecular weight is 290 g/mol. The molecule has 1 unspecified atom stereocenters. The molecular weight excluding hydrogens is 268 g/mol. The molecule has 2 heterocycles. The number of hydrogen-bond acceptors (Lipinski definition) is 6. The highest BCUT2D eigenvalue weighted by molar-refractivity contribution is 5.34. The van der Waals surface area contributed by atoms with Crippen molar-refractivity contribution in [1.29, 1.82) is 0 Å². The van der Waals surface area contributed by atoms with Crippen LogP contribution in [-0.4, -0.2) is 59.4 Å². The molecule has 0 aliphatic heterocycles. The summed E-state index contributed by atoms with van der Waals surface area (Å²) in [5, 5.41) is 7.73. The molecule has 2 rings (SSSR count). The van der Waals surface area contributed by atoms with Gasteiger partial charge in [-0.2, -0.15) is 5.10 Å². The van der Waals surface area contributed by atoms with E-state index >= 15 is 0 Å². The second kappa shape index (κ2) is 7.14. The van der Waals surface area contributed by atoms with Crippen LogP contribution < -0.4 is 10.1 Å². The summed E-state index contributed by atoms with van der Waals surface area (Å²) in [6.45, 7) is 1.69. The van der Waals surface area contributed by atoms with Gasteiger partial charge in [0.2, 0.25) is 0 Å². The fourth-order valence-electron chi connectivity index (χ4n) is 2.22. The first kappa shape index (κ1) is 15.4. The summed E-state index contributed by atoms with van der Waals surface area (Å²) in [5.41, 5.74) is 1.96. The molecule has 0 spiro atoms. The fraction of sp³-hybridized carbons (Fsp3) is 0.500. The van der Waals surface area contributed by atoms with Crippen molar-refractivity contribution in [3.63, 3.8) is 0 Å². The van der Waals surface area contributed by atoms with Crippen LogP contribution in [0.25, 0.3) is 0 Å². The Bertz CT molecular complexity index is 554. The van der Waals surface area contributed by atoms with Gasteiger partial charge < -0.3 is 15.0 Å². The lowest BCUT2D eigenvalue weighted by Gasteiger charge is -2.20. The van der Waals surface area contributed by atoms with Crippen molar-refractivity contribution >= 4 is 0 Å². The van der Waals surface area contributed by atoms with Crippen LogP contribution in [0.1, 0.15) is 17.3 Å². The molecule has 7 nitrogen and oxygen atoms in total. The van der Waals surface area contributed by atoms with E-state index in [1.165, 1.54) is 6.33 Å². The molecule has 0 aromatic carbocycles. The smallest absolute Gasteiger partial charge is 0.161 e. The summed E-state index contributed by atoms with van der Waals surface area (Å²) in [6, 6.07) is -0.0641. The van der Waals surface area contributed by atoms with Gasteiger partial charge >= 0.3 is 0 Å². The Balaban J connectivity index is 2.37. The third-order valence-corrected chi connectivity index (χ3v) is 3.30. The molecule has 0 aliphatic carbocycles. The van der Waals surface area contributed by atoms with Crippen LogP contribution in [-0.2, 0) is 6.54 Å². The predicted octanol–water partition coefficient (Wildman–Crippen LogP) is 0.552. The Morgan fingerprint density at radius 1 is 1.29 bits per heavy atom. The normalized spacial score (nSPS) is 12.6. The molecule has 7 heteroatoms. The summed E-state index contributed by atoms with van der Waals surface area (Å²) in [5.74, 6) is 0.761. The van der Waals surface area contributed by atoms with Crippen LogP contribution in [0.15, 0.2) is 24.9 Å². The Morgan fingerprint density at radius 2 is 2.00 bits per heavy atom. The van der Waals surface area contributed by atoms with Gasteiger partial charge in [0, 0.05) is 24.5 Å². The highest BCUT2D eigenvalue weighted by Crippen LogP contribution is 2.29.